The van der Waals surface area contributed by atoms with Crippen LogP contribution in [0.5, 0.6) is 0 Å². The smallest absolute Gasteiger partial charge is 0.305 e. The van der Waals surface area contributed by atoms with Crippen LogP contribution < -0.4 is 0 Å². The average Bonchev–Trinajstić information content (AvgIpc) is 2.54. The van der Waals surface area contributed by atoms with Crippen molar-refractivity contribution in [1.29, 1.82) is 0 Å². The van der Waals surface area contributed by atoms with Gasteiger partial charge in [0.1, 0.15) is 0 Å². The van der Waals surface area contributed by atoms with Crippen molar-refractivity contribution in [2.24, 2.45) is 5.92 Å². The Balaban J connectivity index is 2.43. The van der Waals surface area contributed by atoms with Gasteiger partial charge < -0.3 is 4.74 Å². The molecule has 130 valence electrons. The van der Waals surface area contributed by atoms with Crippen LogP contribution in [0, 0.1) is 12.8 Å². The molecule has 0 spiro atoms. The molecule has 0 radical (unpaired) electrons. The maximum Gasteiger partial charge on any atom is 0.305 e. The topological polar surface area (TPSA) is 69.7 Å². The van der Waals surface area contributed by atoms with Crippen LogP contribution in [-0.4, -0.2) is 28.1 Å². The van der Waals surface area contributed by atoms with Crippen LogP contribution in [0.3, 0.4) is 0 Å². The molecule has 0 fully saturated rings. The number of rotatable bonds is 10. The molecule has 0 saturated carbocycles. The normalized spacial score (nSPS) is 12.8. The van der Waals surface area contributed by atoms with Crippen LogP contribution in [0.15, 0.2) is 29.2 Å². The van der Waals surface area contributed by atoms with Gasteiger partial charge in [0.05, 0.1) is 18.6 Å². The Kier molecular flexibility index (Phi) is 8.26. The van der Waals surface area contributed by atoms with Crippen molar-refractivity contribution in [1.82, 2.24) is 0 Å². The standard InChI is InChI=1S/C17H26O5S/c1-4-15(7-5-6-8-17(18)21-3)13-22-23(19,20)16-11-9-14(2)10-12-16/h9-12,15H,4-8,13H2,1-3H3/t15-/m1/s1. The Morgan fingerprint density at radius 3 is 2.39 bits per heavy atom. The van der Waals surface area contributed by atoms with Gasteiger partial charge in [-0.3, -0.25) is 8.98 Å². The predicted octanol–water partition coefficient (Wildman–Crippen LogP) is 3.46. The number of ether oxygens (including phenoxy) is 1. The maximum absolute atomic E-state index is 12.1. The molecule has 5 nitrogen and oxygen atoms in total. The molecular weight excluding hydrogens is 316 g/mol. The predicted molar refractivity (Wildman–Crippen MR) is 88.6 cm³/mol. The molecule has 1 rings (SSSR count). The molecule has 0 aliphatic heterocycles. The average molecular weight is 342 g/mol. The molecule has 0 aliphatic carbocycles. The van der Waals surface area contributed by atoms with Crippen LogP contribution >= 0.6 is 0 Å². The summed E-state index contributed by atoms with van der Waals surface area (Å²) < 4.78 is 34.1. The molecule has 0 bridgehead atoms. The summed E-state index contributed by atoms with van der Waals surface area (Å²) in [5.74, 6) is -0.0517. The number of unbranched alkanes of at least 4 members (excludes halogenated alkanes) is 1. The van der Waals surface area contributed by atoms with E-state index in [1.807, 2.05) is 13.8 Å². The lowest BCUT2D eigenvalue weighted by molar-refractivity contribution is -0.140. The molecule has 0 aliphatic rings. The Hall–Kier alpha value is -1.40. The van der Waals surface area contributed by atoms with Gasteiger partial charge in [0.15, 0.2) is 0 Å². The Labute approximate surface area is 139 Å². The van der Waals surface area contributed by atoms with Crippen molar-refractivity contribution in [3.8, 4) is 0 Å². The number of carbonyl (C=O) groups is 1. The summed E-state index contributed by atoms with van der Waals surface area (Å²) in [6, 6.07) is 6.62. The monoisotopic (exact) mass is 342 g/mol. The largest absolute Gasteiger partial charge is 0.469 e. The van der Waals surface area contributed by atoms with Crippen molar-refractivity contribution < 1.29 is 22.1 Å². The van der Waals surface area contributed by atoms with E-state index >= 15 is 0 Å². The molecule has 0 amide bonds. The second-order valence-electron chi connectivity index (χ2n) is 5.65. The van der Waals surface area contributed by atoms with Crippen molar-refractivity contribution in [2.75, 3.05) is 13.7 Å². The third-order valence-electron chi connectivity index (χ3n) is 3.82. The number of esters is 1. The zero-order valence-corrected chi connectivity index (χ0v) is 14.9. The highest BCUT2D eigenvalue weighted by Gasteiger charge is 2.17. The highest BCUT2D eigenvalue weighted by molar-refractivity contribution is 7.86. The Morgan fingerprint density at radius 2 is 1.83 bits per heavy atom. The summed E-state index contributed by atoms with van der Waals surface area (Å²) in [6.45, 7) is 4.08. The van der Waals surface area contributed by atoms with Crippen LogP contribution in [0.1, 0.15) is 44.6 Å². The van der Waals surface area contributed by atoms with E-state index in [1.165, 1.54) is 7.11 Å². The summed E-state index contributed by atoms with van der Waals surface area (Å²) in [4.78, 5) is 11.2. The molecule has 1 aromatic carbocycles. The molecule has 0 aromatic heterocycles. The summed E-state index contributed by atoms with van der Waals surface area (Å²) in [7, 11) is -2.33. The van der Waals surface area contributed by atoms with Crippen molar-refractivity contribution in [3.05, 3.63) is 29.8 Å². The summed E-state index contributed by atoms with van der Waals surface area (Å²) >= 11 is 0. The molecular formula is C17H26O5S. The maximum atomic E-state index is 12.1. The highest BCUT2D eigenvalue weighted by atomic mass is 32.2. The van der Waals surface area contributed by atoms with E-state index in [2.05, 4.69) is 4.74 Å². The number of hydrogen-bond acceptors (Lipinski definition) is 5. The molecule has 1 aromatic rings. The summed E-state index contributed by atoms with van der Waals surface area (Å²) in [6.07, 6.45) is 3.66. The van der Waals surface area contributed by atoms with Gasteiger partial charge in [0.2, 0.25) is 0 Å². The Bertz CT molecular complexity index is 578. The number of aryl methyl sites for hydroxylation is 1. The van der Waals surface area contributed by atoms with Crippen molar-refractivity contribution in [2.45, 2.75) is 50.8 Å². The first-order valence-corrected chi connectivity index (χ1v) is 9.32. The van der Waals surface area contributed by atoms with Crippen molar-refractivity contribution >= 4 is 16.1 Å². The van der Waals surface area contributed by atoms with Gasteiger partial charge in [0, 0.05) is 6.42 Å². The van der Waals surface area contributed by atoms with Crippen LogP contribution in [0.25, 0.3) is 0 Å². The van der Waals surface area contributed by atoms with Gasteiger partial charge in [-0.2, -0.15) is 8.42 Å². The van der Waals surface area contributed by atoms with Gasteiger partial charge in [-0.25, -0.2) is 0 Å². The summed E-state index contributed by atoms with van der Waals surface area (Å²) in [5, 5.41) is 0. The first-order valence-electron chi connectivity index (χ1n) is 7.92. The van der Waals surface area contributed by atoms with Crippen molar-refractivity contribution in [3.63, 3.8) is 0 Å². The lowest BCUT2D eigenvalue weighted by Gasteiger charge is -2.15. The molecule has 1 atom stereocenters. The minimum absolute atomic E-state index is 0.160. The second kappa shape index (κ2) is 9.67. The van der Waals surface area contributed by atoms with E-state index in [0.717, 1.165) is 31.2 Å². The van der Waals surface area contributed by atoms with Crippen LogP contribution in [0.2, 0.25) is 0 Å². The molecule has 0 unspecified atom stereocenters. The van der Waals surface area contributed by atoms with Gasteiger partial charge >= 0.3 is 5.97 Å². The Morgan fingerprint density at radius 1 is 1.17 bits per heavy atom. The molecule has 0 heterocycles. The fourth-order valence-electron chi connectivity index (χ4n) is 2.17. The second-order valence-corrected chi connectivity index (χ2v) is 7.26. The zero-order valence-electron chi connectivity index (χ0n) is 14.1. The fraction of sp³-hybridized carbons (Fsp3) is 0.588. The highest BCUT2D eigenvalue weighted by Crippen LogP contribution is 2.18. The molecule has 0 saturated heterocycles. The molecule has 0 N–H and O–H groups in total. The van der Waals surface area contributed by atoms with E-state index < -0.39 is 10.1 Å². The minimum atomic E-state index is -3.70. The number of benzene rings is 1. The van der Waals surface area contributed by atoms with E-state index in [-0.39, 0.29) is 23.4 Å². The van der Waals surface area contributed by atoms with Crippen LogP contribution in [-0.2, 0) is 23.8 Å². The minimum Gasteiger partial charge on any atom is -0.469 e. The number of methoxy groups -OCH3 is 1. The lowest BCUT2D eigenvalue weighted by atomic mass is 10.00. The van der Waals surface area contributed by atoms with E-state index in [0.29, 0.717) is 6.42 Å². The van der Waals surface area contributed by atoms with E-state index in [4.69, 9.17) is 4.18 Å². The zero-order chi connectivity index (χ0) is 17.3. The van der Waals surface area contributed by atoms with E-state index in [1.54, 1.807) is 24.3 Å². The van der Waals surface area contributed by atoms with Gasteiger partial charge in [-0.15, -0.1) is 0 Å². The first-order chi connectivity index (χ1) is 10.9. The lowest BCUT2D eigenvalue weighted by Crippen LogP contribution is -2.14. The SMILES string of the molecule is CC[C@H](CCCCC(=O)OC)COS(=O)(=O)c1ccc(C)cc1. The number of hydrogen-bond donors (Lipinski definition) is 0. The third-order valence-corrected chi connectivity index (χ3v) is 5.11. The van der Waals surface area contributed by atoms with Gasteiger partial charge in [-0.05, 0) is 37.8 Å². The third kappa shape index (κ3) is 7.14. The first kappa shape index (κ1) is 19.6. The fourth-order valence-corrected chi connectivity index (χ4v) is 3.15. The molecule has 6 heteroatoms. The van der Waals surface area contributed by atoms with E-state index in [9.17, 15) is 13.2 Å². The number of carbonyl (C=O) groups excluding carboxylic acids is 1. The van der Waals surface area contributed by atoms with Gasteiger partial charge in [-0.1, -0.05) is 37.5 Å². The van der Waals surface area contributed by atoms with Crippen LogP contribution in [0.4, 0.5) is 0 Å². The summed E-state index contributed by atoms with van der Waals surface area (Å²) in [5.41, 5.74) is 1.00. The molecule has 23 heavy (non-hydrogen) atoms. The quantitative estimate of drug-likeness (QED) is 0.370. The van der Waals surface area contributed by atoms with Gasteiger partial charge in [0.25, 0.3) is 10.1 Å².